The zero-order valence-corrected chi connectivity index (χ0v) is 19.4. The van der Waals surface area contributed by atoms with Crippen LogP contribution in [0.1, 0.15) is 11.5 Å². The van der Waals surface area contributed by atoms with E-state index >= 15 is 0 Å². The van der Waals surface area contributed by atoms with Crippen LogP contribution in [0.5, 0.6) is 0 Å². The number of aryl methyl sites for hydroxylation is 2. The molecule has 0 spiro atoms. The molecule has 0 saturated carbocycles. The van der Waals surface area contributed by atoms with Crippen LogP contribution in [0.2, 0.25) is 0 Å². The average molecular weight is 449 g/mol. The summed E-state index contributed by atoms with van der Waals surface area (Å²) in [6.45, 7) is 5.44. The lowest BCUT2D eigenvalue weighted by Gasteiger charge is -2.12. The highest BCUT2D eigenvalue weighted by Crippen LogP contribution is 2.34. The normalized spacial score (nSPS) is 14.8. The lowest BCUT2D eigenvalue weighted by Crippen LogP contribution is -2.25. The number of imidazole rings is 1. The van der Waals surface area contributed by atoms with Crippen molar-refractivity contribution >= 4 is 40.4 Å². The van der Waals surface area contributed by atoms with Gasteiger partial charge in [0.05, 0.1) is 5.69 Å². The maximum atomic E-state index is 10.5. The molecule has 0 radical (unpaired) electrons. The first-order valence-corrected chi connectivity index (χ1v) is 11.1. The summed E-state index contributed by atoms with van der Waals surface area (Å²) in [5.74, 6) is 2.90. The van der Waals surface area contributed by atoms with E-state index in [0.717, 1.165) is 27.8 Å². The molecule has 0 fully saturated rings. The molecule has 10 heteroatoms. The molecule has 1 N–H and O–H groups in total. The SMILES string of the molecule is C=C=NC(O)C1=Nn2c(nc(-c3cc(C)n(C)n3)c2SC)C1=Nc1ccc(N(C)C)cc1. The minimum atomic E-state index is -1.25. The molecule has 0 saturated heterocycles. The second kappa shape index (κ2) is 8.58. The van der Waals surface area contributed by atoms with Gasteiger partial charge in [0.2, 0.25) is 6.23 Å². The topological polar surface area (TPSA) is 96.2 Å². The van der Waals surface area contributed by atoms with E-state index in [9.17, 15) is 5.11 Å². The van der Waals surface area contributed by atoms with Gasteiger partial charge in [-0.05, 0) is 56.0 Å². The molecule has 1 unspecified atom stereocenters. The van der Waals surface area contributed by atoms with Crippen molar-refractivity contribution in [3.05, 3.63) is 48.4 Å². The minimum Gasteiger partial charge on any atom is -0.378 e. The first-order chi connectivity index (χ1) is 15.3. The highest BCUT2D eigenvalue weighted by atomic mass is 32.2. The third-order valence-electron chi connectivity index (χ3n) is 5.09. The average Bonchev–Trinajstić information content (AvgIpc) is 3.40. The third-order valence-corrected chi connectivity index (χ3v) is 5.84. The predicted octanol–water partition coefficient (Wildman–Crippen LogP) is 2.89. The first-order valence-electron chi connectivity index (χ1n) is 9.87. The number of rotatable bonds is 6. The number of aliphatic hydroxyl groups is 1. The Bertz CT molecular complexity index is 1260. The van der Waals surface area contributed by atoms with Crippen molar-refractivity contribution in [2.45, 2.75) is 18.2 Å². The maximum Gasteiger partial charge on any atom is 0.201 e. The quantitative estimate of drug-likeness (QED) is 0.462. The number of nitrogens with zero attached hydrogens (tertiary/aromatic N) is 8. The van der Waals surface area contributed by atoms with Crippen LogP contribution >= 0.6 is 11.8 Å². The summed E-state index contributed by atoms with van der Waals surface area (Å²) in [5.41, 5.74) is 5.01. The molecule has 3 heterocycles. The van der Waals surface area contributed by atoms with Gasteiger partial charge in [-0.25, -0.2) is 19.6 Å². The number of hydrogen-bond acceptors (Lipinski definition) is 8. The first kappa shape index (κ1) is 21.8. The van der Waals surface area contributed by atoms with Crippen molar-refractivity contribution in [3.63, 3.8) is 0 Å². The zero-order valence-electron chi connectivity index (χ0n) is 18.6. The van der Waals surface area contributed by atoms with Gasteiger partial charge in [0, 0.05) is 32.5 Å². The van der Waals surface area contributed by atoms with E-state index in [4.69, 9.17) is 9.98 Å². The predicted molar refractivity (Wildman–Crippen MR) is 130 cm³/mol. The van der Waals surface area contributed by atoms with Crippen LogP contribution in [0, 0.1) is 6.92 Å². The summed E-state index contributed by atoms with van der Waals surface area (Å²) in [5, 5.41) is 20.5. The summed E-state index contributed by atoms with van der Waals surface area (Å²) in [7, 11) is 5.85. The Morgan fingerprint density at radius 1 is 1.25 bits per heavy atom. The van der Waals surface area contributed by atoms with Crippen molar-refractivity contribution in [2.24, 2.45) is 22.1 Å². The molecule has 1 aliphatic heterocycles. The van der Waals surface area contributed by atoms with Crippen molar-refractivity contribution in [2.75, 3.05) is 25.3 Å². The molecule has 2 aromatic heterocycles. The number of fused-ring (bicyclic) bond motifs is 1. The van der Waals surface area contributed by atoms with E-state index in [-0.39, 0.29) is 0 Å². The molecule has 1 aromatic carbocycles. The maximum absolute atomic E-state index is 10.5. The van der Waals surface area contributed by atoms with E-state index in [1.807, 2.05) is 74.2 Å². The van der Waals surface area contributed by atoms with Gasteiger partial charge in [-0.2, -0.15) is 10.2 Å². The smallest absolute Gasteiger partial charge is 0.201 e. The van der Waals surface area contributed by atoms with Crippen LogP contribution in [0.25, 0.3) is 11.4 Å². The van der Waals surface area contributed by atoms with Gasteiger partial charge >= 0.3 is 0 Å². The number of thioether (sulfide) groups is 1. The number of hydrogen-bond donors (Lipinski definition) is 1. The lowest BCUT2D eigenvalue weighted by atomic mass is 10.2. The van der Waals surface area contributed by atoms with Crippen LogP contribution in [0.3, 0.4) is 0 Å². The highest BCUT2D eigenvalue weighted by Gasteiger charge is 2.34. The van der Waals surface area contributed by atoms with Crippen LogP contribution in [-0.4, -0.2) is 68.4 Å². The Hall–Kier alpha value is -3.46. The fraction of sp³-hybridized carbons (Fsp3) is 0.273. The van der Waals surface area contributed by atoms with E-state index in [0.29, 0.717) is 22.9 Å². The number of aliphatic imine (C=N–C) groups is 2. The Morgan fingerprint density at radius 2 is 1.97 bits per heavy atom. The van der Waals surface area contributed by atoms with E-state index in [1.165, 1.54) is 11.8 Å². The Morgan fingerprint density at radius 3 is 2.53 bits per heavy atom. The van der Waals surface area contributed by atoms with Crippen molar-refractivity contribution in [1.29, 1.82) is 0 Å². The third kappa shape index (κ3) is 3.80. The Labute approximate surface area is 190 Å². The Balaban J connectivity index is 1.87. The molecular weight excluding hydrogens is 424 g/mol. The van der Waals surface area contributed by atoms with Crippen LogP contribution in [0.4, 0.5) is 11.4 Å². The summed E-state index contributed by atoms with van der Waals surface area (Å²) in [6.07, 6.45) is 0.705. The summed E-state index contributed by atoms with van der Waals surface area (Å²) in [6, 6.07) is 9.76. The summed E-state index contributed by atoms with van der Waals surface area (Å²) < 4.78 is 3.50. The largest absolute Gasteiger partial charge is 0.378 e. The van der Waals surface area contributed by atoms with E-state index in [1.54, 1.807) is 4.68 Å². The molecular formula is C22H24N8OS. The zero-order chi connectivity index (χ0) is 23.0. The molecule has 32 heavy (non-hydrogen) atoms. The highest BCUT2D eigenvalue weighted by molar-refractivity contribution is 7.98. The fourth-order valence-corrected chi connectivity index (χ4v) is 3.97. The second-order valence-corrected chi connectivity index (χ2v) is 8.21. The van der Waals surface area contributed by atoms with E-state index in [2.05, 4.69) is 27.6 Å². The molecule has 0 bridgehead atoms. The molecule has 0 aliphatic carbocycles. The number of benzene rings is 1. The molecule has 164 valence electrons. The molecule has 9 nitrogen and oxygen atoms in total. The van der Waals surface area contributed by atoms with Gasteiger partial charge in [0.15, 0.2) is 5.82 Å². The van der Waals surface area contributed by atoms with Gasteiger partial charge in [-0.3, -0.25) is 4.68 Å². The summed E-state index contributed by atoms with van der Waals surface area (Å²) >= 11 is 1.50. The number of anilines is 1. The fourth-order valence-electron chi connectivity index (χ4n) is 3.32. The standard InChI is InChI=1S/C22H24N8OS/c1-7-23-21(31)19-18(24-14-8-10-15(11-9-14)28(3)4)20-25-17(22(32-6)30(20)27-19)16-12-13(2)29(5)26-16/h8-12,21,31H,1H2,2-6H3. The molecule has 1 atom stereocenters. The Kier molecular flexibility index (Phi) is 5.84. The van der Waals surface area contributed by atoms with Gasteiger partial charge in [-0.15, -0.1) is 11.8 Å². The molecule has 1 aliphatic rings. The van der Waals surface area contributed by atoms with E-state index < -0.39 is 6.23 Å². The summed E-state index contributed by atoms with van der Waals surface area (Å²) in [4.78, 5) is 15.5. The van der Waals surface area contributed by atoms with Gasteiger partial charge < -0.3 is 10.0 Å². The molecule has 0 amide bonds. The molecule has 3 aromatic rings. The minimum absolute atomic E-state index is 0.291. The van der Waals surface area contributed by atoms with Crippen LogP contribution in [0.15, 0.2) is 57.0 Å². The van der Waals surface area contributed by atoms with Gasteiger partial charge in [0.25, 0.3) is 0 Å². The molecule has 4 rings (SSSR count). The van der Waals surface area contributed by atoms with Crippen LogP contribution in [-0.2, 0) is 7.05 Å². The van der Waals surface area contributed by atoms with Gasteiger partial charge in [0.1, 0.15) is 27.8 Å². The van der Waals surface area contributed by atoms with Crippen molar-refractivity contribution in [1.82, 2.24) is 19.4 Å². The van der Waals surface area contributed by atoms with Crippen LogP contribution < -0.4 is 4.90 Å². The van der Waals surface area contributed by atoms with Gasteiger partial charge in [-0.1, -0.05) is 0 Å². The van der Waals surface area contributed by atoms with Crippen molar-refractivity contribution < 1.29 is 5.11 Å². The van der Waals surface area contributed by atoms with Crippen molar-refractivity contribution in [3.8, 4) is 11.4 Å². The lowest BCUT2D eigenvalue weighted by molar-refractivity contribution is 0.255. The number of aromatic nitrogens is 4. The number of aliphatic hydroxyl groups excluding tert-OH is 1. The second-order valence-electron chi connectivity index (χ2n) is 7.42. The monoisotopic (exact) mass is 448 g/mol.